The summed E-state index contributed by atoms with van der Waals surface area (Å²) in [4.78, 5) is 15.9. The Morgan fingerprint density at radius 3 is 2.88 bits per heavy atom. The maximum Gasteiger partial charge on any atom is 0.172 e. The van der Waals surface area contributed by atoms with Gasteiger partial charge in [-0.15, -0.1) is 0 Å². The first-order valence-corrected chi connectivity index (χ1v) is 9.18. The van der Waals surface area contributed by atoms with Crippen LogP contribution in [-0.4, -0.2) is 39.6 Å². The molecule has 6 heteroatoms. The van der Waals surface area contributed by atoms with Crippen molar-refractivity contribution in [1.29, 1.82) is 0 Å². The van der Waals surface area contributed by atoms with E-state index in [2.05, 4.69) is 60.5 Å². The number of alkyl halides is 1. The van der Waals surface area contributed by atoms with Crippen molar-refractivity contribution in [1.82, 2.24) is 15.2 Å². The molecule has 0 spiro atoms. The second-order valence-corrected chi connectivity index (χ2v) is 6.94. The molecule has 0 amide bonds. The van der Waals surface area contributed by atoms with Gasteiger partial charge in [-0.2, -0.15) is 0 Å². The molecule has 0 saturated carbocycles. The zero-order chi connectivity index (χ0) is 17.1. The van der Waals surface area contributed by atoms with Crippen molar-refractivity contribution < 1.29 is 0 Å². The van der Waals surface area contributed by atoms with E-state index in [1.54, 1.807) is 6.20 Å². The molecular formula is C19H18BrN5. The molecule has 126 valence electrons. The molecule has 3 heterocycles. The summed E-state index contributed by atoms with van der Waals surface area (Å²) < 4.78 is 0. The minimum Gasteiger partial charge on any atom is -0.336 e. The lowest BCUT2D eigenvalue weighted by Crippen LogP contribution is -2.44. The second-order valence-electron chi connectivity index (χ2n) is 5.88. The fourth-order valence-corrected chi connectivity index (χ4v) is 3.33. The minimum absolute atomic E-state index is 0.173. The number of pyridine rings is 1. The van der Waals surface area contributed by atoms with Crippen molar-refractivity contribution in [3.63, 3.8) is 0 Å². The van der Waals surface area contributed by atoms with Gasteiger partial charge in [-0.3, -0.25) is 15.0 Å². The lowest BCUT2D eigenvalue weighted by molar-refractivity contribution is 0.577. The second kappa shape index (κ2) is 7.19. The van der Waals surface area contributed by atoms with Gasteiger partial charge >= 0.3 is 0 Å². The molecule has 1 aromatic heterocycles. The third-order valence-electron chi connectivity index (χ3n) is 4.15. The fourth-order valence-electron chi connectivity index (χ4n) is 2.88. The third kappa shape index (κ3) is 3.49. The summed E-state index contributed by atoms with van der Waals surface area (Å²) in [5, 5.41) is 3.45. The number of amidine groups is 2. The number of rotatable bonds is 4. The van der Waals surface area contributed by atoms with Gasteiger partial charge in [-0.25, -0.2) is 0 Å². The predicted molar refractivity (Wildman–Crippen MR) is 105 cm³/mol. The molecule has 0 fully saturated rings. The number of benzene rings is 1. The zero-order valence-electron chi connectivity index (χ0n) is 13.6. The molecule has 0 saturated heterocycles. The van der Waals surface area contributed by atoms with Gasteiger partial charge in [0.1, 0.15) is 4.95 Å². The summed E-state index contributed by atoms with van der Waals surface area (Å²) >= 11 is 3.69. The van der Waals surface area contributed by atoms with E-state index in [9.17, 15) is 0 Å². The van der Waals surface area contributed by atoms with E-state index >= 15 is 0 Å². The lowest BCUT2D eigenvalue weighted by Gasteiger charge is -2.28. The molecule has 25 heavy (non-hydrogen) atoms. The van der Waals surface area contributed by atoms with Crippen molar-refractivity contribution >= 4 is 33.3 Å². The van der Waals surface area contributed by atoms with Crippen LogP contribution in [0.1, 0.15) is 11.1 Å². The Balaban J connectivity index is 1.57. The number of hydrogen-bond acceptors (Lipinski definition) is 4. The first-order valence-electron chi connectivity index (χ1n) is 8.26. The van der Waals surface area contributed by atoms with Crippen LogP contribution < -0.4 is 5.32 Å². The van der Waals surface area contributed by atoms with Crippen LogP contribution in [0.5, 0.6) is 0 Å². The summed E-state index contributed by atoms with van der Waals surface area (Å²) in [6, 6.07) is 14.3. The molecular weight excluding hydrogens is 378 g/mol. The summed E-state index contributed by atoms with van der Waals surface area (Å²) in [5.74, 6) is 1.72. The number of halogens is 1. The molecule has 1 N–H and O–H groups in total. The molecule has 1 aromatic carbocycles. The maximum atomic E-state index is 4.77. The van der Waals surface area contributed by atoms with E-state index in [1.165, 1.54) is 5.56 Å². The van der Waals surface area contributed by atoms with Crippen molar-refractivity contribution in [3.05, 3.63) is 72.2 Å². The third-order valence-corrected chi connectivity index (χ3v) is 4.88. The van der Waals surface area contributed by atoms with Gasteiger partial charge in [-0.1, -0.05) is 52.3 Å². The van der Waals surface area contributed by atoms with Crippen LogP contribution in [0.15, 0.2) is 71.0 Å². The van der Waals surface area contributed by atoms with Gasteiger partial charge in [0.05, 0.1) is 12.2 Å². The Bertz CT molecular complexity index is 829. The SMILES string of the molecule is BrC1CN=C2C(=NCCc3cccnc3)NC(c3ccccc3)=CN21. The molecule has 2 aromatic rings. The Hall–Kier alpha value is -2.47. The number of aromatic nitrogens is 1. The molecule has 2 aliphatic rings. The molecule has 0 aliphatic carbocycles. The van der Waals surface area contributed by atoms with Crippen molar-refractivity contribution in [3.8, 4) is 0 Å². The minimum atomic E-state index is 0.173. The first kappa shape index (κ1) is 16.0. The number of hydrogen-bond donors (Lipinski definition) is 1. The van der Waals surface area contributed by atoms with E-state index in [1.807, 2.05) is 30.5 Å². The van der Waals surface area contributed by atoms with Crippen LogP contribution in [0, 0.1) is 0 Å². The van der Waals surface area contributed by atoms with Gasteiger partial charge < -0.3 is 10.2 Å². The highest BCUT2D eigenvalue weighted by atomic mass is 79.9. The summed E-state index contributed by atoms with van der Waals surface area (Å²) in [6.45, 7) is 1.41. The summed E-state index contributed by atoms with van der Waals surface area (Å²) in [5.41, 5.74) is 3.35. The van der Waals surface area contributed by atoms with Gasteiger partial charge in [-0.05, 0) is 23.6 Å². The van der Waals surface area contributed by atoms with E-state index in [4.69, 9.17) is 4.99 Å². The lowest BCUT2D eigenvalue weighted by atomic mass is 10.1. The Morgan fingerprint density at radius 1 is 1.20 bits per heavy atom. The zero-order valence-corrected chi connectivity index (χ0v) is 15.2. The van der Waals surface area contributed by atoms with Gasteiger partial charge in [0, 0.05) is 25.1 Å². The smallest absolute Gasteiger partial charge is 0.172 e. The average molecular weight is 396 g/mol. The molecule has 1 atom stereocenters. The van der Waals surface area contributed by atoms with Crippen molar-refractivity contribution in [2.75, 3.05) is 13.1 Å². The van der Waals surface area contributed by atoms with Crippen LogP contribution in [0.2, 0.25) is 0 Å². The van der Waals surface area contributed by atoms with Gasteiger partial charge in [0.25, 0.3) is 0 Å². The standard InChI is InChI=1S/C19H18BrN5/c20-17-12-23-19-18(22-10-8-14-5-4-9-21-11-14)24-16(13-25(17)19)15-6-2-1-3-7-15/h1-7,9,11,13,17H,8,10,12H2,(H,22,24). The molecule has 2 aliphatic heterocycles. The average Bonchev–Trinajstić information content (AvgIpc) is 3.04. The number of fused-ring (bicyclic) bond motifs is 1. The predicted octanol–water partition coefficient (Wildman–Crippen LogP) is 3.06. The van der Waals surface area contributed by atoms with E-state index < -0.39 is 0 Å². The highest BCUT2D eigenvalue weighted by molar-refractivity contribution is 9.09. The Labute approximate surface area is 155 Å². The van der Waals surface area contributed by atoms with Crippen LogP contribution >= 0.6 is 15.9 Å². The number of aliphatic imine (C=N–C) groups is 2. The van der Waals surface area contributed by atoms with E-state index in [-0.39, 0.29) is 4.95 Å². The molecule has 1 unspecified atom stereocenters. The highest BCUT2D eigenvalue weighted by Crippen LogP contribution is 2.24. The normalized spacial score (nSPS) is 20.8. The molecule has 0 radical (unpaired) electrons. The molecule has 0 bridgehead atoms. The molecule has 5 nitrogen and oxygen atoms in total. The maximum absolute atomic E-state index is 4.77. The Morgan fingerprint density at radius 2 is 2.08 bits per heavy atom. The quantitative estimate of drug-likeness (QED) is 0.639. The molecule has 4 rings (SSSR count). The Kier molecular flexibility index (Phi) is 4.61. The van der Waals surface area contributed by atoms with E-state index in [0.29, 0.717) is 6.54 Å². The largest absolute Gasteiger partial charge is 0.336 e. The number of nitrogens with zero attached hydrogens (tertiary/aromatic N) is 4. The topological polar surface area (TPSA) is 52.9 Å². The van der Waals surface area contributed by atoms with Crippen LogP contribution in [-0.2, 0) is 6.42 Å². The van der Waals surface area contributed by atoms with Crippen molar-refractivity contribution in [2.45, 2.75) is 11.4 Å². The van der Waals surface area contributed by atoms with Crippen LogP contribution in [0.4, 0.5) is 0 Å². The van der Waals surface area contributed by atoms with Crippen LogP contribution in [0.25, 0.3) is 5.70 Å². The van der Waals surface area contributed by atoms with Crippen molar-refractivity contribution in [2.24, 2.45) is 9.98 Å². The van der Waals surface area contributed by atoms with Gasteiger partial charge in [0.15, 0.2) is 11.7 Å². The first-order chi connectivity index (χ1) is 12.3. The monoisotopic (exact) mass is 395 g/mol. The van der Waals surface area contributed by atoms with Crippen LogP contribution in [0.3, 0.4) is 0 Å². The summed E-state index contributed by atoms with van der Waals surface area (Å²) in [7, 11) is 0. The van der Waals surface area contributed by atoms with Gasteiger partial charge in [0.2, 0.25) is 0 Å². The fraction of sp³-hybridized carbons (Fsp3) is 0.211. The summed E-state index contributed by atoms with van der Waals surface area (Å²) in [6.07, 6.45) is 6.63. The highest BCUT2D eigenvalue weighted by Gasteiger charge is 2.32. The van der Waals surface area contributed by atoms with E-state index in [0.717, 1.165) is 35.9 Å². The number of nitrogens with one attached hydrogen (secondary N) is 1.